The fourth-order valence-electron chi connectivity index (χ4n) is 2.12. The van der Waals surface area contributed by atoms with Crippen molar-refractivity contribution in [2.75, 3.05) is 17.2 Å². The van der Waals surface area contributed by atoms with Gasteiger partial charge < -0.3 is 10.6 Å². The van der Waals surface area contributed by atoms with Gasteiger partial charge in [-0.15, -0.1) is 0 Å². The molecule has 0 heterocycles. The molecule has 0 atom stereocenters. The molecule has 0 bridgehead atoms. The van der Waals surface area contributed by atoms with E-state index in [1.807, 2.05) is 11.8 Å². The summed E-state index contributed by atoms with van der Waals surface area (Å²) in [5.74, 6) is -0.347. The molecular formula is C14H16FN3O2S. The summed E-state index contributed by atoms with van der Waals surface area (Å²) < 4.78 is 36.0. The van der Waals surface area contributed by atoms with Gasteiger partial charge in [0, 0.05) is 17.9 Å². The van der Waals surface area contributed by atoms with Crippen LogP contribution in [0, 0.1) is 5.82 Å². The number of halogens is 1. The van der Waals surface area contributed by atoms with E-state index in [2.05, 4.69) is 0 Å². The van der Waals surface area contributed by atoms with Crippen LogP contribution in [0.5, 0.6) is 0 Å². The largest absolute Gasteiger partial charge is 0.398 e. The van der Waals surface area contributed by atoms with Crippen molar-refractivity contribution in [2.24, 2.45) is 5.14 Å². The standard InChI is InChI=1S/C14H16FN3O2S/c1-2-18(11-5-3-4-10(15)8-11)12-6-7-14(13(16)9-12)21(17,19)20/h3-9H,2,16H2,1H3,(H2,17,19,20). The van der Waals surface area contributed by atoms with Gasteiger partial charge in [0.2, 0.25) is 10.0 Å². The maximum absolute atomic E-state index is 13.3. The van der Waals surface area contributed by atoms with Gasteiger partial charge in [-0.2, -0.15) is 0 Å². The molecule has 0 saturated carbocycles. The zero-order chi connectivity index (χ0) is 15.6. The molecule has 0 aliphatic heterocycles. The van der Waals surface area contributed by atoms with Crippen molar-refractivity contribution in [3.63, 3.8) is 0 Å². The van der Waals surface area contributed by atoms with Gasteiger partial charge in [-0.25, -0.2) is 17.9 Å². The molecule has 4 N–H and O–H groups in total. The smallest absolute Gasteiger partial charge is 0.240 e. The third kappa shape index (κ3) is 3.32. The molecule has 0 aliphatic rings. The molecule has 112 valence electrons. The summed E-state index contributed by atoms with van der Waals surface area (Å²) in [5, 5.41) is 5.08. The number of nitrogens with zero attached hydrogens (tertiary/aromatic N) is 1. The molecule has 0 aliphatic carbocycles. The lowest BCUT2D eigenvalue weighted by Gasteiger charge is -2.24. The number of hydrogen-bond acceptors (Lipinski definition) is 4. The Hall–Kier alpha value is -2.12. The van der Waals surface area contributed by atoms with Crippen LogP contribution >= 0.6 is 0 Å². The molecular weight excluding hydrogens is 293 g/mol. The first-order valence-electron chi connectivity index (χ1n) is 6.28. The van der Waals surface area contributed by atoms with Gasteiger partial charge in [0.25, 0.3) is 0 Å². The third-order valence-electron chi connectivity index (χ3n) is 3.05. The topological polar surface area (TPSA) is 89.4 Å². The molecule has 0 radical (unpaired) electrons. The predicted octanol–water partition coefficient (Wildman–Crippen LogP) is 2.21. The molecule has 2 rings (SSSR count). The zero-order valence-electron chi connectivity index (χ0n) is 11.5. The number of primary sulfonamides is 1. The lowest BCUT2D eigenvalue weighted by Crippen LogP contribution is -2.18. The Morgan fingerprint density at radius 1 is 1.14 bits per heavy atom. The summed E-state index contributed by atoms with van der Waals surface area (Å²) in [6, 6.07) is 10.6. The second-order valence-corrected chi connectivity index (χ2v) is 6.02. The average molecular weight is 309 g/mol. The Bertz CT molecular complexity index is 763. The van der Waals surface area contributed by atoms with E-state index >= 15 is 0 Å². The van der Waals surface area contributed by atoms with Crippen LogP contribution in [0.1, 0.15) is 6.92 Å². The van der Waals surface area contributed by atoms with Crippen molar-refractivity contribution in [1.82, 2.24) is 0 Å². The number of nitrogen functional groups attached to an aromatic ring is 1. The predicted molar refractivity (Wildman–Crippen MR) is 81.3 cm³/mol. The fraction of sp³-hybridized carbons (Fsp3) is 0.143. The quantitative estimate of drug-likeness (QED) is 0.847. The number of rotatable bonds is 4. The van der Waals surface area contributed by atoms with Crippen molar-refractivity contribution in [3.05, 3.63) is 48.3 Å². The van der Waals surface area contributed by atoms with E-state index in [1.54, 1.807) is 18.2 Å². The van der Waals surface area contributed by atoms with Crippen LogP contribution in [0.4, 0.5) is 21.5 Å². The second-order valence-electron chi connectivity index (χ2n) is 4.49. The lowest BCUT2D eigenvalue weighted by molar-refractivity contribution is 0.598. The third-order valence-corrected chi connectivity index (χ3v) is 4.03. The number of anilines is 3. The van der Waals surface area contributed by atoms with Crippen LogP contribution in [-0.4, -0.2) is 15.0 Å². The second kappa shape index (κ2) is 5.71. The summed E-state index contributed by atoms with van der Waals surface area (Å²) in [6.45, 7) is 2.46. The summed E-state index contributed by atoms with van der Waals surface area (Å²) in [4.78, 5) is 1.69. The van der Waals surface area contributed by atoms with Gasteiger partial charge in [-0.3, -0.25) is 0 Å². The first-order valence-corrected chi connectivity index (χ1v) is 7.83. The van der Waals surface area contributed by atoms with Crippen LogP contribution in [0.2, 0.25) is 0 Å². The van der Waals surface area contributed by atoms with E-state index < -0.39 is 10.0 Å². The maximum atomic E-state index is 13.3. The molecule has 21 heavy (non-hydrogen) atoms. The van der Waals surface area contributed by atoms with Crippen LogP contribution in [0.3, 0.4) is 0 Å². The molecule has 0 amide bonds. The van der Waals surface area contributed by atoms with E-state index in [1.165, 1.54) is 24.3 Å². The Balaban J connectivity index is 2.47. The Morgan fingerprint density at radius 3 is 2.33 bits per heavy atom. The molecule has 7 heteroatoms. The first-order chi connectivity index (χ1) is 9.82. The van der Waals surface area contributed by atoms with E-state index in [-0.39, 0.29) is 16.4 Å². The highest BCUT2D eigenvalue weighted by Gasteiger charge is 2.15. The molecule has 2 aromatic rings. The molecule has 0 aromatic heterocycles. The highest BCUT2D eigenvalue weighted by atomic mass is 32.2. The van der Waals surface area contributed by atoms with E-state index in [0.717, 1.165) is 0 Å². The van der Waals surface area contributed by atoms with Crippen molar-refractivity contribution in [2.45, 2.75) is 11.8 Å². The fourth-order valence-corrected chi connectivity index (χ4v) is 2.77. The summed E-state index contributed by atoms with van der Waals surface area (Å²) >= 11 is 0. The maximum Gasteiger partial charge on any atom is 0.240 e. The van der Waals surface area contributed by atoms with E-state index in [4.69, 9.17) is 10.9 Å². The molecule has 5 nitrogen and oxygen atoms in total. The molecule has 0 unspecified atom stereocenters. The van der Waals surface area contributed by atoms with Crippen LogP contribution in [0.15, 0.2) is 47.4 Å². The highest BCUT2D eigenvalue weighted by molar-refractivity contribution is 7.89. The number of benzene rings is 2. The molecule has 0 saturated heterocycles. The van der Waals surface area contributed by atoms with Crippen molar-refractivity contribution < 1.29 is 12.8 Å². The summed E-state index contributed by atoms with van der Waals surface area (Å²) in [5.41, 5.74) is 7.12. The minimum Gasteiger partial charge on any atom is -0.398 e. The minimum absolute atomic E-state index is 0.0600. The lowest BCUT2D eigenvalue weighted by atomic mass is 10.2. The van der Waals surface area contributed by atoms with Gasteiger partial charge in [0.05, 0.1) is 5.69 Å². The summed E-state index contributed by atoms with van der Waals surface area (Å²) in [7, 11) is -3.86. The van der Waals surface area contributed by atoms with Crippen LogP contribution in [0.25, 0.3) is 0 Å². The number of sulfonamides is 1. The average Bonchev–Trinajstić information content (AvgIpc) is 2.38. The number of nitrogens with two attached hydrogens (primary N) is 2. The van der Waals surface area contributed by atoms with Gasteiger partial charge >= 0.3 is 0 Å². The first kappa shape index (κ1) is 15.3. The van der Waals surface area contributed by atoms with Crippen molar-refractivity contribution in [3.8, 4) is 0 Å². The van der Waals surface area contributed by atoms with Crippen LogP contribution in [-0.2, 0) is 10.0 Å². The zero-order valence-corrected chi connectivity index (χ0v) is 12.3. The number of hydrogen-bond donors (Lipinski definition) is 2. The Kier molecular flexibility index (Phi) is 4.15. The minimum atomic E-state index is -3.86. The van der Waals surface area contributed by atoms with Gasteiger partial charge in [-0.05, 0) is 43.3 Å². The summed E-state index contributed by atoms with van der Waals surface area (Å²) in [6.07, 6.45) is 0. The Labute approximate surface area is 123 Å². The SMILES string of the molecule is CCN(c1cccc(F)c1)c1ccc(S(N)(=O)=O)c(N)c1. The van der Waals surface area contributed by atoms with Crippen molar-refractivity contribution >= 4 is 27.1 Å². The van der Waals surface area contributed by atoms with Crippen molar-refractivity contribution in [1.29, 1.82) is 0 Å². The molecule has 0 spiro atoms. The van der Waals surface area contributed by atoms with Gasteiger partial charge in [0.1, 0.15) is 10.7 Å². The van der Waals surface area contributed by atoms with Gasteiger partial charge in [-0.1, -0.05) is 6.07 Å². The van der Waals surface area contributed by atoms with E-state index in [0.29, 0.717) is 17.9 Å². The van der Waals surface area contributed by atoms with E-state index in [9.17, 15) is 12.8 Å². The molecule has 0 fully saturated rings. The monoisotopic (exact) mass is 309 g/mol. The van der Waals surface area contributed by atoms with Gasteiger partial charge in [0.15, 0.2) is 0 Å². The van der Waals surface area contributed by atoms with Crippen LogP contribution < -0.4 is 15.8 Å². The molecule has 2 aromatic carbocycles. The highest BCUT2D eigenvalue weighted by Crippen LogP contribution is 2.29. The Morgan fingerprint density at radius 2 is 1.81 bits per heavy atom. The normalized spacial score (nSPS) is 11.4.